The lowest BCUT2D eigenvalue weighted by Crippen LogP contribution is -2.30. The van der Waals surface area contributed by atoms with Crippen LogP contribution < -0.4 is 9.80 Å². The summed E-state index contributed by atoms with van der Waals surface area (Å²) in [5, 5.41) is 0. The van der Waals surface area contributed by atoms with Crippen molar-refractivity contribution >= 4 is 46.3 Å². The average Bonchev–Trinajstić information content (AvgIpc) is 3.92. The standard InChI is InChI=1S/C60H50N2/c1-40-47-14-4-8-18-55(47)61(56-19-9-5-15-48(40)56)45-31-29-44(30-32-45)43-27-24-41(25-28-43)22-23-42-26-34-49-50-35-33-46(39-54(50)60(53(49)38-42)36-12-13-37-60)62-57-20-10-6-16-51(57)59(2,3)52-17-7-11-21-58(52)62/h4-11,14-35,38-40H,12-13,36-37H2,1-3H3. The van der Waals surface area contributed by atoms with Gasteiger partial charge in [0.25, 0.3) is 0 Å². The molecule has 0 saturated heterocycles. The second kappa shape index (κ2) is 14.1. The zero-order valence-electron chi connectivity index (χ0n) is 35.8. The predicted octanol–water partition coefficient (Wildman–Crippen LogP) is 16.4. The molecule has 0 atom stereocenters. The Bertz CT molecular complexity index is 2970. The molecule has 12 rings (SSSR count). The molecule has 1 fully saturated rings. The fourth-order valence-electron chi connectivity index (χ4n) is 11.7. The van der Waals surface area contributed by atoms with E-state index in [9.17, 15) is 0 Å². The quantitative estimate of drug-likeness (QED) is 0.160. The number of fused-ring (bicyclic) bond motifs is 9. The van der Waals surface area contributed by atoms with E-state index in [-0.39, 0.29) is 10.8 Å². The van der Waals surface area contributed by atoms with Gasteiger partial charge in [-0.25, -0.2) is 0 Å². The largest absolute Gasteiger partial charge is 0.310 e. The Morgan fingerprint density at radius 3 is 1.50 bits per heavy atom. The molecule has 4 aliphatic rings. The predicted molar refractivity (Wildman–Crippen MR) is 261 cm³/mol. The van der Waals surface area contributed by atoms with Crippen LogP contribution in [0.25, 0.3) is 34.4 Å². The molecule has 0 bridgehead atoms. The van der Waals surface area contributed by atoms with Crippen molar-refractivity contribution in [2.24, 2.45) is 0 Å². The normalized spacial score (nSPS) is 16.4. The number of para-hydroxylation sites is 4. The molecule has 0 aromatic heterocycles. The van der Waals surface area contributed by atoms with Gasteiger partial charge in [-0.3, -0.25) is 0 Å². The highest BCUT2D eigenvalue weighted by molar-refractivity contribution is 5.91. The minimum Gasteiger partial charge on any atom is -0.310 e. The highest BCUT2D eigenvalue weighted by Crippen LogP contribution is 2.59. The topological polar surface area (TPSA) is 6.48 Å². The summed E-state index contributed by atoms with van der Waals surface area (Å²) < 4.78 is 0. The molecule has 8 aromatic rings. The molecule has 300 valence electrons. The van der Waals surface area contributed by atoms with Gasteiger partial charge in [-0.05, 0) is 128 Å². The Kier molecular flexibility index (Phi) is 8.38. The summed E-state index contributed by atoms with van der Waals surface area (Å²) in [6.07, 6.45) is 9.51. The summed E-state index contributed by atoms with van der Waals surface area (Å²) in [6, 6.07) is 68.3. The lowest BCUT2D eigenvalue weighted by molar-refractivity contribution is 0.550. The fraction of sp³-hybridized carbons (Fsp3) is 0.167. The number of hydrogen-bond donors (Lipinski definition) is 0. The van der Waals surface area contributed by atoms with Crippen LogP contribution in [0.4, 0.5) is 34.1 Å². The van der Waals surface area contributed by atoms with Crippen LogP contribution >= 0.6 is 0 Å². The number of anilines is 6. The first-order valence-electron chi connectivity index (χ1n) is 22.5. The third-order valence-corrected chi connectivity index (χ3v) is 14.8. The molecule has 2 aliphatic heterocycles. The Hall–Kier alpha value is -6.90. The lowest BCUT2D eigenvalue weighted by Gasteiger charge is -2.42. The maximum Gasteiger partial charge on any atom is 0.0502 e. The number of hydrogen-bond acceptors (Lipinski definition) is 2. The summed E-state index contributed by atoms with van der Waals surface area (Å²) in [5.41, 5.74) is 23.7. The van der Waals surface area contributed by atoms with Gasteiger partial charge in [-0.2, -0.15) is 0 Å². The van der Waals surface area contributed by atoms with Gasteiger partial charge in [0.2, 0.25) is 0 Å². The van der Waals surface area contributed by atoms with Crippen molar-refractivity contribution in [3.63, 3.8) is 0 Å². The lowest BCUT2D eigenvalue weighted by atomic mass is 9.73. The smallest absolute Gasteiger partial charge is 0.0502 e. The van der Waals surface area contributed by atoms with E-state index in [1.54, 1.807) is 0 Å². The fourth-order valence-corrected chi connectivity index (χ4v) is 11.7. The Labute approximate surface area is 366 Å². The van der Waals surface area contributed by atoms with E-state index in [1.165, 1.54) is 127 Å². The summed E-state index contributed by atoms with van der Waals surface area (Å²) in [6.45, 7) is 7.05. The van der Waals surface area contributed by atoms with E-state index in [0.29, 0.717) is 5.92 Å². The summed E-state index contributed by atoms with van der Waals surface area (Å²) in [7, 11) is 0. The maximum absolute atomic E-state index is 2.54. The third-order valence-electron chi connectivity index (χ3n) is 14.8. The van der Waals surface area contributed by atoms with E-state index < -0.39 is 0 Å². The van der Waals surface area contributed by atoms with E-state index in [4.69, 9.17) is 0 Å². The van der Waals surface area contributed by atoms with Gasteiger partial charge in [-0.15, -0.1) is 0 Å². The summed E-state index contributed by atoms with van der Waals surface area (Å²) in [5.74, 6) is 0.361. The van der Waals surface area contributed by atoms with Crippen molar-refractivity contribution in [3.8, 4) is 22.3 Å². The first-order valence-corrected chi connectivity index (χ1v) is 22.5. The molecule has 2 heterocycles. The molecule has 62 heavy (non-hydrogen) atoms. The van der Waals surface area contributed by atoms with Gasteiger partial charge in [0, 0.05) is 39.5 Å². The average molecular weight is 799 g/mol. The molecule has 0 N–H and O–H groups in total. The Balaban J connectivity index is 0.818. The molecule has 1 spiro atoms. The first-order chi connectivity index (χ1) is 30.4. The van der Waals surface area contributed by atoms with Gasteiger partial charge in [0.1, 0.15) is 0 Å². The zero-order valence-corrected chi connectivity index (χ0v) is 35.8. The molecular formula is C60H50N2. The molecule has 0 amide bonds. The highest BCUT2D eigenvalue weighted by Gasteiger charge is 2.46. The number of rotatable bonds is 5. The summed E-state index contributed by atoms with van der Waals surface area (Å²) in [4.78, 5) is 4.94. The molecule has 2 aliphatic carbocycles. The van der Waals surface area contributed by atoms with Gasteiger partial charge in [0.15, 0.2) is 0 Å². The molecule has 0 unspecified atom stereocenters. The van der Waals surface area contributed by atoms with Crippen molar-refractivity contribution in [3.05, 3.63) is 226 Å². The van der Waals surface area contributed by atoms with Crippen molar-refractivity contribution in [1.29, 1.82) is 0 Å². The second-order valence-electron chi connectivity index (χ2n) is 18.5. The Morgan fingerprint density at radius 1 is 0.435 bits per heavy atom. The number of benzene rings is 8. The van der Waals surface area contributed by atoms with Crippen LogP contribution in [-0.4, -0.2) is 0 Å². The second-order valence-corrected chi connectivity index (χ2v) is 18.5. The van der Waals surface area contributed by atoms with E-state index in [2.05, 4.69) is 225 Å². The van der Waals surface area contributed by atoms with Crippen LogP contribution in [0.5, 0.6) is 0 Å². The van der Waals surface area contributed by atoms with Crippen molar-refractivity contribution in [1.82, 2.24) is 0 Å². The number of nitrogens with zero attached hydrogens (tertiary/aromatic N) is 2. The Morgan fingerprint density at radius 2 is 0.887 bits per heavy atom. The zero-order chi connectivity index (χ0) is 41.6. The van der Waals surface area contributed by atoms with Crippen LogP contribution in [-0.2, 0) is 10.8 Å². The van der Waals surface area contributed by atoms with Crippen molar-refractivity contribution in [2.75, 3.05) is 9.80 Å². The van der Waals surface area contributed by atoms with Gasteiger partial charge < -0.3 is 9.80 Å². The van der Waals surface area contributed by atoms with E-state index in [1.807, 2.05) is 0 Å². The van der Waals surface area contributed by atoms with E-state index in [0.717, 1.165) is 0 Å². The minimum absolute atomic E-state index is 0.0506. The van der Waals surface area contributed by atoms with E-state index >= 15 is 0 Å². The minimum atomic E-state index is -0.0730. The third kappa shape index (κ3) is 5.55. The molecular weight excluding hydrogens is 749 g/mol. The van der Waals surface area contributed by atoms with Crippen LogP contribution in [0.2, 0.25) is 0 Å². The van der Waals surface area contributed by atoms with Crippen molar-refractivity contribution in [2.45, 2.75) is 63.2 Å². The first kappa shape index (κ1) is 36.9. The van der Waals surface area contributed by atoms with Crippen LogP contribution in [0.1, 0.15) is 96.9 Å². The molecule has 8 aromatic carbocycles. The molecule has 2 heteroatoms. The van der Waals surface area contributed by atoms with Gasteiger partial charge >= 0.3 is 0 Å². The monoisotopic (exact) mass is 798 g/mol. The maximum atomic E-state index is 2.54. The summed E-state index contributed by atoms with van der Waals surface area (Å²) >= 11 is 0. The highest BCUT2D eigenvalue weighted by atomic mass is 15.2. The molecule has 2 nitrogen and oxygen atoms in total. The molecule has 0 radical (unpaired) electrons. The van der Waals surface area contributed by atoms with Crippen LogP contribution in [0, 0.1) is 0 Å². The molecule has 1 saturated carbocycles. The SMILES string of the molecule is CC1c2ccccc2N(c2ccc(-c3ccc(C=Cc4ccc5c(c4)C4(CCCC4)c4cc(N6c7ccccc7C(C)(C)c7ccccc76)ccc4-5)cc3)cc2)c2ccccc21. The van der Waals surface area contributed by atoms with Crippen LogP contribution in [0.3, 0.4) is 0 Å². The van der Waals surface area contributed by atoms with Crippen molar-refractivity contribution < 1.29 is 0 Å². The van der Waals surface area contributed by atoms with Gasteiger partial charge in [0.05, 0.1) is 11.4 Å². The van der Waals surface area contributed by atoms with Gasteiger partial charge in [-0.1, -0.05) is 179 Å². The van der Waals surface area contributed by atoms with Crippen LogP contribution in [0.15, 0.2) is 182 Å².